The summed E-state index contributed by atoms with van der Waals surface area (Å²) in [6.45, 7) is 4.92. The molecule has 81 heavy (non-hydrogen) atoms. The van der Waals surface area contributed by atoms with Crippen LogP contribution in [0.4, 0.5) is 0 Å². The van der Waals surface area contributed by atoms with Gasteiger partial charge < -0.3 is 20.3 Å². The van der Waals surface area contributed by atoms with Crippen LogP contribution in [-0.4, -0.2) is 47.4 Å². The Morgan fingerprint density at radius 2 is 0.642 bits per heavy atom. The number of allylic oxidation sites excluding steroid dienone is 6. The van der Waals surface area contributed by atoms with Gasteiger partial charge in [0.1, 0.15) is 0 Å². The fourth-order valence-electron chi connectivity index (χ4n) is 11.6. The average molecular weight is 1140 g/mol. The average Bonchev–Trinajstić information content (AvgIpc) is 3.47. The Labute approximate surface area is 506 Å². The number of rotatable bonds is 69. The van der Waals surface area contributed by atoms with E-state index in [4.69, 9.17) is 4.74 Å². The van der Waals surface area contributed by atoms with Gasteiger partial charge in [-0.1, -0.05) is 352 Å². The fourth-order valence-corrected chi connectivity index (χ4v) is 11.6. The first-order valence-electron chi connectivity index (χ1n) is 36.7. The molecule has 0 heterocycles. The molecule has 2 atom stereocenters. The largest absolute Gasteiger partial charge is 0.466 e. The number of carbonyl (C=O) groups is 2. The van der Waals surface area contributed by atoms with Crippen LogP contribution in [0.15, 0.2) is 36.5 Å². The standard InChI is InChI=1S/C75H143NO5/c1-3-5-7-9-11-13-15-17-18-19-20-21-31-34-37-40-44-47-51-55-59-63-67-73(78)72(71-77)76-74(79)68-64-60-56-52-48-45-41-38-35-32-29-27-25-23-22-24-26-28-30-33-36-39-42-46-50-54-58-62-66-70-81-75(80)69-65-61-57-53-49-43-16-14-12-10-8-6-4-2/h8,10,14,16,22,24,72-73,77-78H,3-7,9,11-13,15,17-21,23,25-71H2,1-2H3,(H,76,79)/b10-8-,16-14-,24-22-. The van der Waals surface area contributed by atoms with Crippen LogP contribution in [-0.2, 0) is 14.3 Å². The molecule has 1 amide bonds. The van der Waals surface area contributed by atoms with Gasteiger partial charge in [-0.25, -0.2) is 0 Å². The summed E-state index contributed by atoms with van der Waals surface area (Å²) in [6.07, 6.45) is 90.6. The molecule has 0 bridgehead atoms. The molecule has 3 N–H and O–H groups in total. The maximum Gasteiger partial charge on any atom is 0.305 e. The molecule has 0 spiro atoms. The molecule has 478 valence electrons. The molecule has 6 heteroatoms. The molecule has 0 saturated heterocycles. The first-order chi connectivity index (χ1) is 40.0. The lowest BCUT2D eigenvalue weighted by Crippen LogP contribution is -2.45. The molecule has 0 aliphatic carbocycles. The molecule has 0 aliphatic rings. The number of aliphatic hydroxyl groups excluding tert-OH is 2. The van der Waals surface area contributed by atoms with Gasteiger partial charge in [-0.3, -0.25) is 9.59 Å². The van der Waals surface area contributed by atoms with Crippen LogP contribution < -0.4 is 5.32 Å². The van der Waals surface area contributed by atoms with Crippen LogP contribution in [0.1, 0.15) is 406 Å². The molecule has 0 saturated carbocycles. The summed E-state index contributed by atoms with van der Waals surface area (Å²) in [5, 5.41) is 23.4. The van der Waals surface area contributed by atoms with Gasteiger partial charge in [0.2, 0.25) is 5.91 Å². The number of amides is 1. The van der Waals surface area contributed by atoms with Crippen molar-refractivity contribution < 1.29 is 24.5 Å². The van der Waals surface area contributed by atoms with Crippen molar-refractivity contribution in [2.75, 3.05) is 13.2 Å². The van der Waals surface area contributed by atoms with Crippen molar-refractivity contribution in [3.05, 3.63) is 36.5 Å². The van der Waals surface area contributed by atoms with Crippen molar-refractivity contribution in [1.82, 2.24) is 5.32 Å². The number of unbranched alkanes of at least 4 members (excludes halogenated alkanes) is 52. The van der Waals surface area contributed by atoms with E-state index in [1.165, 1.54) is 321 Å². The van der Waals surface area contributed by atoms with Crippen LogP contribution in [0.5, 0.6) is 0 Å². The van der Waals surface area contributed by atoms with Crippen LogP contribution in [0.3, 0.4) is 0 Å². The molecular weight excluding hydrogens is 995 g/mol. The van der Waals surface area contributed by atoms with E-state index >= 15 is 0 Å². The maximum atomic E-state index is 12.6. The minimum absolute atomic E-state index is 0.00160. The smallest absolute Gasteiger partial charge is 0.305 e. The predicted octanol–water partition coefficient (Wildman–Crippen LogP) is 23.9. The number of hydrogen-bond acceptors (Lipinski definition) is 5. The van der Waals surface area contributed by atoms with Crippen LogP contribution in [0.25, 0.3) is 0 Å². The van der Waals surface area contributed by atoms with Crippen molar-refractivity contribution in [3.63, 3.8) is 0 Å². The molecule has 0 fully saturated rings. The highest BCUT2D eigenvalue weighted by Gasteiger charge is 2.20. The zero-order valence-electron chi connectivity index (χ0n) is 54.8. The van der Waals surface area contributed by atoms with Crippen molar-refractivity contribution in [2.45, 2.75) is 418 Å². The molecule has 0 aromatic heterocycles. The SMILES string of the molecule is CCC/C=C\C/C=C\CCCCCCCC(=O)OCCCCCCCCCCCCCC/C=C\CCCCCCCCCCCCCCCC(=O)NC(CO)C(O)CCCCCCCCCCCCCCCCCCCCCCCC. The summed E-state index contributed by atoms with van der Waals surface area (Å²) >= 11 is 0. The fraction of sp³-hybridized carbons (Fsp3) is 0.893. The van der Waals surface area contributed by atoms with E-state index in [1.54, 1.807) is 0 Å². The van der Waals surface area contributed by atoms with Crippen LogP contribution >= 0.6 is 0 Å². The highest BCUT2D eigenvalue weighted by Crippen LogP contribution is 2.19. The van der Waals surface area contributed by atoms with Crippen molar-refractivity contribution in [3.8, 4) is 0 Å². The molecule has 6 nitrogen and oxygen atoms in total. The minimum atomic E-state index is -0.665. The third-order valence-electron chi connectivity index (χ3n) is 17.1. The zero-order chi connectivity index (χ0) is 58.5. The van der Waals surface area contributed by atoms with Gasteiger partial charge in [0.05, 0.1) is 25.4 Å². The Kier molecular flexibility index (Phi) is 68.9. The van der Waals surface area contributed by atoms with Gasteiger partial charge in [-0.05, 0) is 77.0 Å². The van der Waals surface area contributed by atoms with Crippen molar-refractivity contribution in [1.29, 1.82) is 0 Å². The van der Waals surface area contributed by atoms with E-state index < -0.39 is 12.1 Å². The number of carbonyl (C=O) groups excluding carboxylic acids is 2. The lowest BCUT2D eigenvalue weighted by Gasteiger charge is -2.22. The topological polar surface area (TPSA) is 95.9 Å². The number of hydrogen-bond donors (Lipinski definition) is 3. The van der Waals surface area contributed by atoms with Crippen LogP contribution in [0, 0.1) is 0 Å². The third-order valence-corrected chi connectivity index (χ3v) is 17.1. The second-order valence-corrected chi connectivity index (χ2v) is 25.3. The summed E-state index contributed by atoms with van der Waals surface area (Å²) in [5.74, 6) is -0.0281. The maximum absolute atomic E-state index is 12.6. The van der Waals surface area contributed by atoms with Gasteiger partial charge in [0.25, 0.3) is 0 Å². The number of aliphatic hydroxyl groups is 2. The Morgan fingerprint density at radius 1 is 0.346 bits per heavy atom. The van der Waals surface area contributed by atoms with Crippen molar-refractivity contribution in [2.24, 2.45) is 0 Å². The molecule has 0 aliphatic heterocycles. The van der Waals surface area contributed by atoms with Crippen molar-refractivity contribution >= 4 is 11.9 Å². The first-order valence-corrected chi connectivity index (χ1v) is 36.7. The van der Waals surface area contributed by atoms with E-state index in [0.29, 0.717) is 25.9 Å². The molecule has 0 aromatic carbocycles. The number of esters is 1. The van der Waals surface area contributed by atoms with E-state index in [0.717, 1.165) is 51.4 Å². The van der Waals surface area contributed by atoms with Gasteiger partial charge in [0.15, 0.2) is 0 Å². The minimum Gasteiger partial charge on any atom is -0.466 e. The summed E-state index contributed by atoms with van der Waals surface area (Å²) in [6, 6.07) is -0.542. The third kappa shape index (κ3) is 67.1. The highest BCUT2D eigenvalue weighted by atomic mass is 16.5. The Morgan fingerprint density at radius 3 is 1.00 bits per heavy atom. The van der Waals surface area contributed by atoms with Crippen LogP contribution in [0.2, 0.25) is 0 Å². The van der Waals surface area contributed by atoms with Gasteiger partial charge in [-0.15, -0.1) is 0 Å². The molecule has 0 rings (SSSR count). The second kappa shape index (κ2) is 70.6. The monoisotopic (exact) mass is 1140 g/mol. The van der Waals surface area contributed by atoms with Gasteiger partial charge in [-0.2, -0.15) is 0 Å². The summed E-state index contributed by atoms with van der Waals surface area (Å²) in [7, 11) is 0. The van der Waals surface area contributed by atoms with E-state index in [9.17, 15) is 19.8 Å². The quantitative estimate of drug-likeness (QED) is 0.0320. The molecule has 0 radical (unpaired) electrons. The Balaban J connectivity index is 3.38. The van der Waals surface area contributed by atoms with E-state index in [-0.39, 0.29) is 18.5 Å². The normalized spacial score (nSPS) is 12.7. The summed E-state index contributed by atoms with van der Waals surface area (Å²) < 4.78 is 5.48. The Bertz CT molecular complexity index is 1310. The van der Waals surface area contributed by atoms with Gasteiger partial charge in [0, 0.05) is 12.8 Å². The van der Waals surface area contributed by atoms with E-state index in [2.05, 4.69) is 55.6 Å². The predicted molar refractivity (Wildman–Crippen MR) is 356 cm³/mol. The molecule has 2 unspecified atom stereocenters. The van der Waals surface area contributed by atoms with Gasteiger partial charge >= 0.3 is 5.97 Å². The van der Waals surface area contributed by atoms with E-state index in [1.807, 2.05) is 0 Å². The molecular formula is C75H143NO5. The molecule has 0 aromatic rings. The first kappa shape index (κ1) is 79.1. The number of ether oxygens (including phenoxy) is 1. The second-order valence-electron chi connectivity index (χ2n) is 25.3. The summed E-state index contributed by atoms with van der Waals surface area (Å²) in [5.41, 5.74) is 0. The number of nitrogens with one attached hydrogen (secondary N) is 1. The summed E-state index contributed by atoms with van der Waals surface area (Å²) in [4.78, 5) is 24.6. The highest BCUT2D eigenvalue weighted by molar-refractivity contribution is 5.76. The lowest BCUT2D eigenvalue weighted by atomic mass is 10.0. The lowest BCUT2D eigenvalue weighted by molar-refractivity contribution is -0.143. The zero-order valence-corrected chi connectivity index (χ0v) is 54.8. The Hall–Kier alpha value is -1.92.